The fourth-order valence-corrected chi connectivity index (χ4v) is 2.73. The van der Waals surface area contributed by atoms with E-state index in [1.54, 1.807) is 11.3 Å². The second-order valence-corrected chi connectivity index (χ2v) is 5.61. The van der Waals surface area contributed by atoms with Crippen molar-refractivity contribution in [3.8, 4) is 11.5 Å². The van der Waals surface area contributed by atoms with E-state index in [2.05, 4.69) is 10.2 Å². The van der Waals surface area contributed by atoms with Crippen LogP contribution in [-0.2, 0) is 20.7 Å². The molecule has 1 atom stereocenters. The van der Waals surface area contributed by atoms with Crippen molar-refractivity contribution >= 4 is 17.3 Å². The van der Waals surface area contributed by atoms with E-state index < -0.39 is 0 Å². The molecule has 7 heteroatoms. The van der Waals surface area contributed by atoms with E-state index in [1.165, 1.54) is 0 Å². The van der Waals surface area contributed by atoms with Gasteiger partial charge in [-0.2, -0.15) is 11.3 Å². The molecule has 1 saturated heterocycles. The minimum Gasteiger partial charge on any atom is -0.463 e. The van der Waals surface area contributed by atoms with Crippen LogP contribution in [-0.4, -0.2) is 35.5 Å². The van der Waals surface area contributed by atoms with E-state index in [1.807, 2.05) is 16.8 Å². The minimum atomic E-state index is -0.263. The normalized spacial score (nSPS) is 18.0. The number of rotatable bonds is 6. The molecule has 0 bridgehead atoms. The smallest absolute Gasteiger partial charge is 0.306 e. The summed E-state index contributed by atoms with van der Waals surface area (Å²) < 4.78 is 16.1. The first-order valence-corrected chi connectivity index (χ1v) is 7.88. The van der Waals surface area contributed by atoms with Crippen LogP contribution in [0.3, 0.4) is 0 Å². The first-order chi connectivity index (χ1) is 10.3. The van der Waals surface area contributed by atoms with Gasteiger partial charge in [0.25, 0.3) is 0 Å². The maximum Gasteiger partial charge on any atom is 0.306 e. The van der Waals surface area contributed by atoms with Gasteiger partial charge in [0.15, 0.2) is 0 Å². The Morgan fingerprint density at radius 2 is 2.43 bits per heavy atom. The van der Waals surface area contributed by atoms with E-state index in [-0.39, 0.29) is 18.5 Å². The van der Waals surface area contributed by atoms with Crippen LogP contribution in [0.25, 0.3) is 11.5 Å². The molecule has 3 heterocycles. The van der Waals surface area contributed by atoms with E-state index in [9.17, 15) is 4.79 Å². The summed E-state index contributed by atoms with van der Waals surface area (Å²) in [6.45, 7) is 1.10. The van der Waals surface area contributed by atoms with Crippen molar-refractivity contribution in [1.29, 1.82) is 0 Å². The van der Waals surface area contributed by atoms with Crippen molar-refractivity contribution in [2.45, 2.75) is 31.8 Å². The van der Waals surface area contributed by atoms with Gasteiger partial charge in [0.05, 0.1) is 12.5 Å². The Labute approximate surface area is 126 Å². The van der Waals surface area contributed by atoms with Gasteiger partial charge in [0.1, 0.15) is 6.61 Å². The van der Waals surface area contributed by atoms with Crippen molar-refractivity contribution < 1.29 is 18.7 Å². The van der Waals surface area contributed by atoms with E-state index in [4.69, 9.17) is 13.9 Å². The first kappa shape index (κ1) is 14.2. The van der Waals surface area contributed by atoms with E-state index in [0.717, 1.165) is 25.0 Å². The summed E-state index contributed by atoms with van der Waals surface area (Å²) in [5.41, 5.74) is 0.903. The molecule has 1 fully saturated rings. The zero-order valence-corrected chi connectivity index (χ0v) is 12.3. The van der Waals surface area contributed by atoms with Gasteiger partial charge in [-0.1, -0.05) is 0 Å². The number of aryl methyl sites for hydroxylation is 1. The standard InChI is InChI=1S/C14H16N2O4S/c17-13(19-8-11-2-1-6-18-11)4-3-12-15-16-14(20-12)10-5-7-21-9-10/h5,7,9,11H,1-4,6,8H2. The Balaban J connectivity index is 1.43. The van der Waals surface area contributed by atoms with Gasteiger partial charge in [-0.15, -0.1) is 10.2 Å². The largest absolute Gasteiger partial charge is 0.463 e. The average molecular weight is 308 g/mol. The number of ether oxygens (including phenoxy) is 2. The number of carbonyl (C=O) groups excluding carboxylic acids is 1. The SMILES string of the molecule is O=C(CCc1nnc(-c2ccsc2)o1)OCC1CCCO1. The van der Waals surface area contributed by atoms with Crippen LogP contribution in [0.2, 0.25) is 0 Å². The summed E-state index contributed by atoms with van der Waals surface area (Å²) >= 11 is 1.57. The van der Waals surface area contributed by atoms with Crippen LogP contribution >= 0.6 is 11.3 Å². The lowest BCUT2D eigenvalue weighted by Gasteiger charge is -2.09. The summed E-state index contributed by atoms with van der Waals surface area (Å²) in [5, 5.41) is 11.8. The van der Waals surface area contributed by atoms with Gasteiger partial charge >= 0.3 is 5.97 Å². The van der Waals surface area contributed by atoms with Gasteiger partial charge in [-0.25, -0.2) is 0 Å². The average Bonchev–Trinajstić information content (AvgIpc) is 3.24. The summed E-state index contributed by atoms with van der Waals surface area (Å²) in [7, 11) is 0. The maximum atomic E-state index is 11.6. The quantitative estimate of drug-likeness (QED) is 0.763. The fraction of sp³-hybridized carbons (Fsp3) is 0.500. The summed E-state index contributed by atoms with van der Waals surface area (Å²) in [5.74, 6) is 0.671. The van der Waals surface area contributed by atoms with Gasteiger partial charge in [0.2, 0.25) is 11.8 Å². The monoisotopic (exact) mass is 308 g/mol. The molecule has 2 aromatic rings. The van der Waals surface area contributed by atoms with Crippen LogP contribution in [0.1, 0.15) is 25.2 Å². The molecule has 1 unspecified atom stereocenters. The molecule has 6 nitrogen and oxygen atoms in total. The van der Waals surface area contributed by atoms with Crippen LogP contribution in [0, 0.1) is 0 Å². The number of thiophene rings is 1. The fourth-order valence-electron chi connectivity index (χ4n) is 2.10. The maximum absolute atomic E-state index is 11.6. The molecule has 1 aliphatic rings. The lowest BCUT2D eigenvalue weighted by molar-refractivity contribution is -0.146. The molecule has 0 aliphatic carbocycles. The Kier molecular flexibility index (Phi) is 4.62. The van der Waals surface area contributed by atoms with Gasteiger partial charge in [0, 0.05) is 24.0 Å². The molecule has 2 aromatic heterocycles. The van der Waals surface area contributed by atoms with Gasteiger partial charge < -0.3 is 13.9 Å². The van der Waals surface area contributed by atoms with Gasteiger partial charge in [-0.3, -0.25) is 4.79 Å². The molecule has 0 N–H and O–H groups in total. The molecule has 0 aromatic carbocycles. The number of esters is 1. The minimum absolute atomic E-state index is 0.0579. The lowest BCUT2D eigenvalue weighted by Crippen LogP contribution is -2.18. The van der Waals surface area contributed by atoms with Crippen LogP contribution in [0.5, 0.6) is 0 Å². The highest BCUT2D eigenvalue weighted by Gasteiger charge is 2.18. The highest BCUT2D eigenvalue weighted by Crippen LogP contribution is 2.20. The zero-order chi connectivity index (χ0) is 14.5. The van der Waals surface area contributed by atoms with Crippen molar-refractivity contribution in [2.75, 3.05) is 13.2 Å². The predicted molar refractivity (Wildman–Crippen MR) is 75.9 cm³/mol. The van der Waals surface area contributed by atoms with Crippen molar-refractivity contribution in [3.05, 3.63) is 22.7 Å². The van der Waals surface area contributed by atoms with E-state index in [0.29, 0.717) is 24.8 Å². The second kappa shape index (κ2) is 6.82. The second-order valence-electron chi connectivity index (χ2n) is 4.83. The molecular weight excluding hydrogens is 292 g/mol. The molecule has 3 rings (SSSR count). The lowest BCUT2D eigenvalue weighted by atomic mass is 10.2. The molecule has 1 aliphatic heterocycles. The Morgan fingerprint density at radius 1 is 1.48 bits per heavy atom. The zero-order valence-electron chi connectivity index (χ0n) is 11.5. The highest BCUT2D eigenvalue weighted by atomic mass is 32.1. The third kappa shape index (κ3) is 3.89. The molecule has 0 amide bonds. The van der Waals surface area contributed by atoms with Crippen LogP contribution in [0.4, 0.5) is 0 Å². The molecular formula is C14H16N2O4S. The Hall–Kier alpha value is -1.73. The summed E-state index contributed by atoms with van der Waals surface area (Å²) in [6.07, 6.45) is 2.68. The topological polar surface area (TPSA) is 74.5 Å². The van der Waals surface area contributed by atoms with Gasteiger partial charge in [-0.05, 0) is 24.3 Å². The molecule has 0 saturated carbocycles. The van der Waals surface area contributed by atoms with Crippen molar-refractivity contribution in [3.63, 3.8) is 0 Å². The number of nitrogens with zero attached hydrogens (tertiary/aromatic N) is 2. The molecule has 0 spiro atoms. The van der Waals surface area contributed by atoms with Crippen molar-refractivity contribution in [1.82, 2.24) is 10.2 Å². The molecule has 112 valence electrons. The van der Waals surface area contributed by atoms with Crippen molar-refractivity contribution in [2.24, 2.45) is 0 Å². The van der Waals surface area contributed by atoms with Crippen LogP contribution < -0.4 is 0 Å². The number of hydrogen-bond donors (Lipinski definition) is 0. The van der Waals surface area contributed by atoms with E-state index >= 15 is 0 Å². The highest BCUT2D eigenvalue weighted by molar-refractivity contribution is 7.08. The number of carbonyl (C=O) groups is 1. The summed E-state index contributed by atoms with van der Waals surface area (Å²) in [6, 6.07) is 1.91. The Morgan fingerprint density at radius 3 is 3.19 bits per heavy atom. The first-order valence-electron chi connectivity index (χ1n) is 6.93. The third-order valence-corrected chi connectivity index (χ3v) is 3.92. The predicted octanol–water partition coefficient (Wildman–Crippen LogP) is 2.45. The van der Waals surface area contributed by atoms with Crippen LogP contribution in [0.15, 0.2) is 21.2 Å². The summed E-state index contributed by atoms with van der Waals surface area (Å²) in [4.78, 5) is 11.6. The number of aromatic nitrogens is 2. The Bertz CT molecular complexity index is 576. The molecule has 21 heavy (non-hydrogen) atoms. The molecule has 0 radical (unpaired) electrons. The number of hydrogen-bond acceptors (Lipinski definition) is 7. The third-order valence-electron chi connectivity index (χ3n) is 3.23.